The number of hydrogen-bond donors (Lipinski definition) is 2. The maximum atomic E-state index is 11.9. The average Bonchev–Trinajstić information content (AvgIpc) is 3.20. The second-order valence-corrected chi connectivity index (χ2v) is 14.3. The lowest BCUT2D eigenvalue weighted by Crippen LogP contribution is -2.58. The topological polar surface area (TPSA) is 79.2 Å². The molecule has 0 aromatic heterocycles. The van der Waals surface area contributed by atoms with Crippen molar-refractivity contribution in [1.29, 1.82) is 0 Å². The van der Waals surface area contributed by atoms with Gasteiger partial charge in [0.05, 0.1) is 18.8 Å². The summed E-state index contributed by atoms with van der Waals surface area (Å²) in [6, 6.07) is -0.389. The summed E-state index contributed by atoms with van der Waals surface area (Å²) in [7, 11) is -2.13. The average molecular weight is 374 g/mol. The first-order valence-corrected chi connectivity index (χ1v) is 12.2. The number of rotatable bonds is 6. The van der Waals surface area contributed by atoms with Crippen LogP contribution in [-0.4, -0.2) is 60.6 Å². The van der Waals surface area contributed by atoms with Crippen LogP contribution in [0, 0.1) is 11.8 Å². The predicted molar refractivity (Wildman–Crippen MR) is 99.1 cm³/mol. The van der Waals surface area contributed by atoms with E-state index in [1.165, 1.54) is 4.90 Å². The van der Waals surface area contributed by atoms with Gasteiger partial charge in [0.1, 0.15) is 5.72 Å². The summed E-state index contributed by atoms with van der Waals surface area (Å²) in [5, 5.41) is 19.8. The van der Waals surface area contributed by atoms with Gasteiger partial charge >= 0.3 is 6.09 Å². The molecule has 0 bridgehead atoms. The molecule has 1 aliphatic heterocycles. The van der Waals surface area contributed by atoms with Crippen molar-refractivity contribution in [3.05, 3.63) is 0 Å². The predicted octanol–water partition coefficient (Wildman–Crippen LogP) is 3.51. The Hall–Kier alpha value is -0.633. The maximum Gasteiger partial charge on any atom is 0.409 e. The molecular formula is C18H35NO5Si. The van der Waals surface area contributed by atoms with E-state index < -0.39 is 20.1 Å². The van der Waals surface area contributed by atoms with E-state index in [0.29, 0.717) is 12.5 Å². The molecule has 146 valence electrons. The Morgan fingerprint density at radius 2 is 1.92 bits per heavy atom. The van der Waals surface area contributed by atoms with Gasteiger partial charge in [-0.2, -0.15) is 0 Å². The van der Waals surface area contributed by atoms with E-state index in [9.17, 15) is 15.0 Å². The number of aliphatic hydroxyl groups excluding tert-OH is 1. The monoisotopic (exact) mass is 373 g/mol. The lowest BCUT2D eigenvalue weighted by Gasteiger charge is -2.45. The molecule has 2 rings (SSSR count). The standard InChI is InChI=1S/C18H35NO5Si/c1-17(2,3)25(6,7)24-15(13(10-20)12-8-9-12)14-11-23-18(4,5)19(14)16(21)22/h12-15,20H,8-11H2,1-7H3,(H,21,22)/t13?,14-,15?/m1/s1. The number of carboxylic acid groups (broad SMARTS) is 1. The molecule has 0 aromatic carbocycles. The molecule has 2 N–H and O–H groups in total. The smallest absolute Gasteiger partial charge is 0.409 e. The molecule has 0 radical (unpaired) electrons. The number of carbonyl (C=O) groups is 1. The van der Waals surface area contributed by atoms with Crippen LogP contribution in [0.1, 0.15) is 47.5 Å². The number of amides is 1. The van der Waals surface area contributed by atoms with Crippen LogP contribution in [-0.2, 0) is 9.16 Å². The first-order chi connectivity index (χ1) is 11.3. The molecule has 0 spiro atoms. The van der Waals surface area contributed by atoms with Crippen LogP contribution in [0.5, 0.6) is 0 Å². The molecule has 7 heteroatoms. The van der Waals surface area contributed by atoms with Gasteiger partial charge in [0.15, 0.2) is 8.32 Å². The van der Waals surface area contributed by atoms with Crippen LogP contribution in [0.4, 0.5) is 4.79 Å². The molecule has 2 unspecified atom stereocenters. The summed E-state index contributed by atoms with van der Waals surface area (Å²) in [5.74, 6) is 0.373. The van der Waals surface area contributed by atoms with Crippen LogP contribution in [0.15, 0.2) is 0 Å². The summed E-state index contributed by atoms with van der Waals surface area (Å²) in [6.45, 7) is 14.7. The minimum Gasteiger partial charge on any atom is -0.465 e. The third-order valence-corrected chi connectivity index (χ3v) is 10.7. The van der Waals surface area contributed by atoms with Gasteiger partial charge in [-0.1, -0.05) is 20.8 Å². The largest absolute Gasteiger partial charge is 0.465 e. The highest BCUT2D eigenvalue weighted by atomic mass is 28.4. The zero-order chi connectivity index (χ0) is 19.2. The summed E-state index contributed by atoms with van der Waals surface area (Å²) >= 11 is 0. The van der Waals surface area contributed by atoms with Gasteiger partial charge in [-0.3, -0.25) is 4.90 Å². The first-order valence-electron chi connectivity index (χ1n) is 9.26. The zero-order valence-electron chi connectivity index (χ0n) is 16.7. The Bertz CT molecular complexity index is 498. The maximum absolute atomic E-state index is 11.9. The molecule has 1 saturated carbocycles. The first kappa shape index (κ1) is 20.7. The lowest BCUT2D eigenvalue weighted by molar-refractivity contribution is -0.0511. The summed E-state index contributed by atoms with van der Waals surface area (Å²) in [4.78, 5) is 13.3. The molecule has 2 fully saturated rings. The van der Waals surface area contributed by atoms with E-state index in [1.807, 2.05) is 0 Å². The quantitative estimate of drug-likeness (QED) is 0.697. The van der Waals surface area contributed by atoms with E-state index in [1.54, 1.807) is 13.8 Å². The van der Waals surface area contributed by atoms with E-state index >= 15 is 0 Å². The Kier molecular flexibility index (Phi) is 5.65. The molecular weight excluding hydrogens is 338 g/mol. The van der Waals surface area contributed by atoms with Crippen molar-refractivity contribution in [3.63, 3.8) is 0 Å². The minimum atomic E-state index is -2.13. The van der Waals surface area contributed by atoms with Gasteiger partial charge in [-0.05, 0) is 50.7 Å². The molecule has 6 nitrogen and oxygen atoms in total. The Morgan fingerprint density at radius 3 is 2.32 bits per heavy atom. The second kappa shape index (κ2) is 6.83. The van der Waals surface area contributed by atoms with Crippen LogP contribution in [0.25, 0.3) is 0 Å². The van der Waals surface area contributed by atoms with E-state index in [4.69, 9.17) is 9.16 Å². The highest BCUT2D eigenvalue weighted by Crippen LogP contribution is 2.46. The SMILES string of the molecule is CC1(C)OC[C@H](C(O[Si](C)(C)C(C)(C)C)C(CO)C2CC2)N1C(=O)O. The minimum absolute atomic E-state index is 0.0117. The molecule has 0 aromatic rings. The number of aliphatic hydroxyl groups is 1. The fourth-order valence-electron chi connectivity index (χ4n) is 3.46. The molecule has 2 aliphatic rings. The van der Waals surface area contributed by atoms with Gasteiger partial charge < -0.3 is 19.4 Å². The van der Waals surface area contributed by atoms with Crippen LogP contribution in [0.2, 0.25) is 18.1 Å². The highest BCUT2D eigenvalue weighted by Gasteiger charge is 2.53. The Labute approximate surface area is 152 Å². The van der Waals surface area contributed by atoms with Crippen LogP contribution < -0.4 is 0 Å². The Morgan fingerprint density at radius 1 is 1.36 bits per heavy atom. The summed E-state index contributed by atoms with van der Waals surface area (Å²) in [5.41, 5.74) is -0.880. The van der Waals surface area contributed by atoms with Gasteiger partial charge in [0.25, 0.3) is 0 Å². The van der Waals surface area contributed by atoms with E-state index in [2.05, 4.69) is 33.9 Å². The summed E-state index contributed by atoms with van der Waals surface area (Å²) in [6.07, 6.45) is 0.819. The zero-order valence-corrected chi connectivity index (χ0v) is 17.7. The van der Waals surface area contributed by atoms with Crippen molar-refractivity contribution in [1.82, 2.24) is 4.90 Å². The molecule has 1 saturated heterocycles. The van der Waals surface area contributed by atoms with Gasteiger partial charge in [-0.25, -0.2) is 4.79 Å². The van der Waals surface area contributed by atoms with Crippen molar-refractivity contribution >= 4 is 14.4 Å². The fraction of sp³-hybridized carbons (Fsp3) is 0.944. The van der Waals surface area contributed by atoms with E-state index in [0.717, 1.165) is 12.8 Å². The molecule has 25 heavy (non-hydrogen) atoms. The molecule has 1 heterocycles. The third-order valence-electron chi connectivity index (χ3n) is 6.20. The van der Waals surface area contributed by atoms with Gasteiger partial charge in [0, 0.05) is 12.5 Å². The van der Waals surface area contributed by atoms with Gasteiger partial charge in [0.2, 0.25) is 0 Å². The lowest BCUT2D eigenvalue weighted by atomic mass is 9.92. The highest BCUT2D eigenvalue weighted by molar-refractivity contribution is 6.74. The van der Waals surface area contributed by atoms with Crippen molar-refractivity contribution in [2.24, 2.45) is 11.8 Å². The molecule has 3 atom stereocenters. The Balaban J connectivity index is 2.36. The van der Waals surface area contributed by atoms with Crippen molar-refractivity contribution in [2.45, 2.75) is 83.5 Å². The van der Waals surface area contributed by atoms with Crippen LogP contribution >= 0.6 is 0 Å². The fourth-order valence-corrected chi connectivity index (χ4v) is 4.83. The number of ether oxygens (including phenoxy) is 1. The molecule has 1 amide bonds. The number of nitrogens with zero attached hydrogens (tertiary/aromatic N) is 1. The molecule has 1 aliphatic carbocycles. The van der Waals surface area contributed by atoms with E-state index in [-0.39, 0.29) is 29.7 Å². The number of hydrogen-bond acceptors (Lipinski definition) is 4. The van der Waals surface area contributed by atoms with Crippen molar-refractivity contribution in [2.75, 3.05) is 13.2 Å². The summed E-state index contributed by atoms with van der Waals surface area (Å²) < 4.78 is 12.5. The van der Waals surface area contributed by atoms with Crippen molar-refractivity contribution < 1.29 is 24.2 Å². The van der Waals surface area contributed by atoms with Crippen molar-refractivity contribution in [3.8, 4) is 0 Å². The van der Waals surface area contributed by atoms with Gasteiger partial charge in [-0.15, -0.1) is 0 Å². The third kappa shape index (κ3) is 4.21. The normalized spacial score (nSPS) is 26.6. The van der Waals surface area contributed by atoms with Crippen LogP contribution in [0.3, 0.4) is 0 Å². The second-order valence-electron chi connectivity index (χ2n) is 9.50.